The predicted molar refractivity (Wildman–Crippen MR) is 121 cm³/mol. The molecule has 4 nitrogen and oxygen atoms in total. The molecule has 0 aromatic heterocycles. The second-order valence-corrected chi connectivity index (χ2v) is 7.93. The van der Waals surface area contributed by atoms with E-state index in [0.717, 1.165) is 11.1 Å². The Labute approximate surface area is 190 Å². The summed E-state index contributed by atoms with van der Waals surface area (Å²) in [6.45, 7) is 3.89. The average molecular weight is 452 g/mol. The Morgan fingerprint density at radius 1 is 0.970 bits per heavy atom. The molecule has 3 aromatic rings. The van der Waals surface area contributed by atoms with Crippen molar-refractivity contribution >= 4 is 11.6 Å². The van der Waals surface area contributed by atoms with Gasteiger partial charge in [0.2, 0.25) is 0 Å². The Kier molecular flexibility index (Phi) is 6.14. The van der Waals surface area contributed by atoms with Crippen LogP contribution in [-0.2, 0) is 4.79 Å². The molecule has 33 heavy (non-hydrogen) atoms. The van der Waals surface area contributed by atoms with Gasteiger partial charge in [-0.25, -0.2) is 0 Å². The highest BCUT2D eigenvalue weighted by Gasteiger charge is 2.36. The zero-order valence-electron chi connectivity index (χ0n) is 18.1. The fourth-order valence-electron chi connectivity index (χ4n) is 3.85. The molecule has 1 aliphatic heterocycles. The van der Waals surface area contributed by atoms with Crippen LogP contribution in [0.2, 0.25) is 0 Å². The molecule has 0 fully saturated rings. The molecule has 1 aliphatic rings. The monoisotopic (exact) mass is 452 g/mol. The minimum Gasteiger partial charge on any atom is -0.406 e. The molecule has 0 aliphatic carbocycles. The molecule has 1 amide bonds. The molecule has 1 heterocycles. The summed E-state index contributed by atoms with van der Waals surface area (Å²) < 4.78 is 42.3. The van der Waals surface area contributed by atoms with E-state index in [9.17, 15) is 18.0 Å². The normalized spacial score (nSPS) is 17.0. The molecule has 0 spiro atoms. The molecule has 4 rings (SSSR count). The fraction of sp³-hybridized carbons (Fsp3) is 0.192. The Bertz CT molecular complexity index is 1160. The first-order valence-corrected chi connectivity index (χ1v) is 10.5. The number of nitrogens with zero attached hydrogens (tertiary/aromatic N) is 1. The van der Waals surface area contributed by atoms with Crippen molar-refractivity contribution in [1.82, 2.24) is 5.32 Å². The number of aryl methyl sites for hydroxylation is 1. The summed E-state index contributed by atoms with van der Waals surface area (Å²) in [4.78, 5) is 15.0. The summed E-state index contributed by atoms with van der Waals surface area (Å²) >= 11 is 0. The van der Waals surface area contributed by atoms with Crippen molar-refractivity contribution in [3.63, 3.8) is 0 Å². The SMILES string of the molecule is Cc1ccc(N2C(=O)C(N[C@H](C)c3ccccc3)=C[C@@H]2c2cccc(OC(F)(F)F)c2)cc1. The molecule has 0 unspecified atom stereocenters. The van der Waals surface area contributed by atoms with Crippen LogP contribution in [0.1, 0.15) is 35.7 Å². The van der Waals surface area contributed by atoms with Gasteiger partial charge < -0.3 is 10.1 Å². The minimum atomic E-state index is -4.80. The van der Waals surface area contributed by atoms with E-state index in [4.69, 9.17) is 0 Å². The summed E-state index contributed by atoms with van der Waals surface area (Å²) in [7, 11) is 0. The van der Waals surface area contributed by atoms with Crippen molar-refractivity contribution in [3.05, 3.63) is 107 Å². The third kappa shape index (κ3) is 5.19. The van der Waals surface area contributed by atoms with Crippen molar-refractivity contribution < 1.29 is 22.7 Å². The maximum Gasteiger partial charge on any atom is 0.573 e. The third-order valence-electron chi connectivity index (χ3n) is 5.47. The molecule has 7 heteroatoms. The molecule has 0 bridgehead atoms. The number of anilines is 1. The number of amides is 1. The zero-order chi connectivity index (χ0) is 23.6. The van der Waals surface area contributed by atoms with Crippen molar-refractivity contribution in [1.29, 1.82) is 0 Å². The van der Waals surface area contributed by atoms with E-state index in [-0.39, 0.29) is 17.7 Å². The highest BCUT2D eigenvalue weighted by molar-refractivity contribution is 6.08. The van der Waals surface area contributed by atoms with Gasteiger partial charge in [-0.05, 0) is 55.3 Å². The number of hydrogen-bond donors (Lipinski definition) is 1. The first-order valence-electron chi connectivity index (χ1n) is 10.5. The van der Waals surface area contributed by atoms with Crippen molar-refractivity contribution in [3.8, 4) is 5.75 Å². The molecule has 170 valence electrons. The summed E-state index contributed by atoms with van der Waals surface area (Å²) in [5.41, 5.74) is 3.59. The van der Waals surface area contributed by atoms with Gasteiger partial charge in [0.1, 0.15) is 5.75 Å². The first-order chi connectivity index (χ1) is 15.7. The Balaban J connectivity index is 1.70. The Hall–Kier alpha value is -3.74. The van der Waals surface area contributed by atoms with Gasteiger partial charge in [0.05, 0.1) is 11.7 Å². The fourth-order valence-corrected chi connectivity index (χ4v) is 3.85. The molecular weight excluding hydrogens is 429 g/mol. The van der Waals surface area contributed by atoms with Crippen LogP contribution in [0.5, 0.6) is 5.75 Å². The van der Waals surface area contributed by atoms with E-state index in [1.54, 1.807) is 17.0 Å². The first kappa shape index (κ1) is 22.5. The lowest BCUT2D eigenvalue weighted by Crippen LogP contribution is -2.33. The van der Waals surface area contributed by atoms with Crippen LogP contribution in [0.15, 0.2) is 90.6 Å². The number of rotatable bonds is 6. The maximum absolute atomic E-state index is 13.4. The van der Waals surface area contributed by atoms with Crippen LogP contribution in [0.3, 0.4) is 0 Å². The molecule has 0 saturated carbocycles. The third-order valence-corrected chi connectivity index (χ3v) is 5.47. The number of nitrogens with one attached hydrogen (secondary N) is 1. The van der Waals surface area contributed by atoms with Crippen LogP contribution < -0.4 is 15.0 Å². The van der Waals surface area contributed by atoms with Crippen LogP contribution in [0, 0.1) is 6.92 Å². The van der Waals surface area contributed by atoms with Gasteiger partial charge >= 0.3 is 6.36 Å². The number of hydrogen-bond acceptors (Lipinski definition) is 3. The summed E-state index contributed by atoms with van der Waals surface area (Å²) in [5.74, 6) is -0.586. The molecule has 3 aromatic carbocycles. The van der Waals surface area contributed by atoms with Crippen molar-refractivity contribution in [2.24, 2.45) is 0 Å². The average Bonchev–Trinajstić information content (AvgIpc) is 3.10. The highest BCUT2D eigenvalue weighted by atomic mass is 19.4. The van der Waals surface area contributed by atoms with Gasteiger partial charge in [0, 0.05) is 11.7 Å². The van der Waals surface area contributed by atoms with Gasteiger partial charge in [0.15, 0.2) is 0 Å². The molecule has 0 saturated heterocycles. The van der Waals surface area contributed by atoms with Crippen LogP contribution in [-0.4, -0.2) is 12.3 Å². The van der Waals surface area contributed by atoms with E-state index in [2.05, 4.69) is 10.1 Å². The van der Waals surface area contributed by atoms with E-state index in [0.29, 0.717) is 16.9 Å². The lowest BCUT2D eigenvalue weighted by Gasteiger charge is -2.26. The van der Waals surface area contributed by atoms with Crippen LogP contribution in [0.25, 0.3) is 0 Å². The second-order valence-electron chi connectivity index (χ2n) is 7.93. The summed E-state index contributed by atoms with van der Waals surface area (Å²) in [5, 5.41) is 3.27. The summed E-state index contributed by atoms with van der Waals surface area (Å²) in [6.07, 6.45) is -3.05. The van der Waals surface area contributed by atoms with Crippen molar-refractivity contribution in [2.45, 2.75) is 32.3 Å². The van der Waals surface area contributed by atoms with Crippen LogP contribution in [0.4, 0.5) is 18.9 Å². The minimum absolute atomic E-state index is 0.139. The molecule has 2 atom stereocenters. The van der Waals surface area contributed by atoms with Crippen LogP contribution >= 0.6 is 0 Å². The van der Waals surface area contributed by atoms with E-state index in [1.165, 1.54) is 18.2 Å². The topological polar surface area (TPSA) is 41.6 Å². The van der Waals surface area contributed by atoms with E-state index >= 15 is 0 Å². The molecule has 1 N–H and O–H groups in total. The highest BCUT2D eigenvalue weighted by Crippen LogP contribution is 2.37. The van der Waals surface area contributed by atoms with Gasteiger partial charge in [-0.1, -0.05) is 60.2 Å². The quantitative estimate of drug-likeness (QED) is 0.483. The number of ether oxygens (including phenoxy) is 1. The number of carbonyl (C=O) groups is 1. The summed E-state index contributed by atoms with van der Waals surface area (Å²) in [6, 6.07) is 22.1. The van der Waals surface area contributed by atoms with Gasteiger partial charge in [0.25, 0.3) is 5.91 Å². The van der Waals surface area contributed by atoms with Gasteiger partial charge in [-0.3, -0.25) is 9.69 Å². The van der Waals surface area contributed by atoms with E-state index < -0.39 is 12.4 Å². The standard InChI is InChI=1S/C26H23F3N2O2/c1-17-11-13-21(14-12-17)31-24(20-9-6-10-22(15-20)33-26(27,28)29)16-23(25(31)32)30-18(2)19-7-4-3-5-8-19/h3-16,18,24,30H,1-2H3/t18-,24-/m1/s1. The van der Waals surface area contributed by atoms with E-state index in [1.807, 2.05) is 68.4 Å². The number of carbonyl (C=O) groups excluding carboxylic acids is 1. The lowest BCUT2D eigenvalue weighted by atomic mass is 10.1. The van der Waals surface area contributed by atoms with Gasteiger partial charge in [-0.2, -0.15) is 0 Å². The second kappa shape index (κ2) is 9.02. The Morgan fingerprint density at radius 3 is 2.33 bits per heavy atom. The Morgan fingerprint density at radius 2 is 1.67 bits per heavy atom. The number of halogens is 3. The molecule has 0 radical (unpaired) electrons. The predicted octanol–water partition coefficient (Wildman–Crippen LogP) is 6.22. The number of benzene rings is 3. The molecular formula is C26H23F3N2O2. The maximum atomic E-state index is 13.4. The lowest BCUT2D eigenvalue weighted by molar-refractivity contribution is -0.274. The van der Waals surface area contributed by atoms with Gasteiger partial charge in [-0.15, -0.1) is 13.2 Å². The smallest absolute Gasteiger partial charge is 0.406 e. The largest absolute Gasteiger partial charge is 0.573 e. The zero-order valence-corrected chi connectivity index (χ0v) is 18.1. The van der Waals surface area contributed by atoms with Crippen molar-refractivity contribution in [2.75, 3.05) is 4.90 Å². The number of alkyl halides is 3.